The number of hydrogen-bond acceptors (Lipinski definition) is 3. The molecule has 0 amide bonds. The minimum absolute atomic E-state index is 0.0246. The summed E-state index contributed by atoms with van der Waals surface area (Å²) in [5.74, 6) is 0.424. The molecule has 3 heterocycles. The van der Waals surface area contributed by atoms with Crippen LogP contribution < -0.4 is 5.56 Å². The van der Waals surface area contributed by atoms with Gasteiger partial charge in [0.05, 0.1) is 16.6 Å². The third kappa shape index (κ3) is 1.88. The third-order valence-electron chi connectivity index (χ3n) is 4.36. The summed E-state index contributed by atoms with van der Waals surface area (Å²) >= 11 is 0. The second kappa shape index (κ2) is 4.70. The number of rotatable bonds is 1. The lowest BCUT2D eigenvalue weighted by molar-refractivity contribution is 0.0844. The van der Waals surface area contributed by atoms with E-state index in [9.17, 15) is 4.79 Å². The lowest BCUT2D eigenvalue weighted by Gasteiger charge is -2.19. The van der Waals surface area contributed by atoms with Crippen LogP contribution >= 0.6 is 0 Å². The SMILES string of the molecule is Cn1c(=O)c2ccccc2n2nc(C3CCOCC3)cc12. The van der Waals surface area contributed by atoms with Crippen LogP contribution in [0.25, 0.3) is 16.6 Å². The van der Waals surface area contributed by atoms with Gasteiger partial charge in [-0.05, 0) is 25.0 Å². The van der Waals surface area contributed by atoms with Crippen molar-refractivity contribution in [2.75, 3.05) is 13.2 Å². The first-order valence-corrected chi connectivity index (χ1v) is 7.31. The Bertz CT molecular complexity index is 872. The molecule has 0 radical (unpaired) electrons. The van der Waals surface area contributed by atoms with Gasteiger partial charge in [0.2, 0.25) is 0 Å². The lowest BCUT2D eigenvalue weighted by atomic mass is 9.97. The Morgan fingerprint density at radius 2 is 2.00 bits per heavy atom. The predicted molar refractivity (Wildman–Crippen MR) is 80.7 cm³/mol. The maximum absolute atomic E-state index is 12.4. The van der Waals surface area contributed by atoms with Crippen LogP contribution in [0.1, 0.15) is 24.5 Å². The predicted octanol–water partition coefficient (Wildman–Crippen LogP) is 2.08. The molecule has 4 rings (SSSR count). The van der Waals surface area contributed by atoms with Crippen molar-refractivity contribution in [2.24, 2.45) is 7.05 Å². The summed E-state index contributed by atoms with van der Waals surface area (Å²) in [5.41, 5.74) is 2.80. The molecule has 108 valence electrons. The van der Waals surface area contributed by atoms with Gasteiger partial charge in [-0.15, -0.1) is 0 Å². The number of ether oxygens (including phenoxy) is 1. The van der Waals surface area contributed by atoms with Crippen molar-refractivity contribution in [3.63, 3.8) is 0 Å². The molecule has 1 saturated heterocycles. The first-order chi connectivity index (χ1) is 10.3. The molecule has 0 saturated carbocycles. The van der Waals surface area contributed by atoms with E-state index in [1.165, 1.54) is 0 Å². The van der Waals surface area contributed by atoms with Gasteiger partial charge in [0.1, 0.15) is 5.65 Å². The van der Waals surface area contributed by atoms with E-state index in [-0.39, 0.29) is 5.56 Å². The van der Waals surface area contributed by atoms with Crippen molar-refractivity contribution < 1.29 is 4.74 Å². The fraction of sp³-hybridized carbons (Fsp3) is 0.375. The molecule has 1 aliphatic rings. The van der Waals surface area contributed by atoms with Gasteiger partial charge in [-0.2, -0.15) is 5.10 Å². The highest BCUT2D eigenvalue weighted by molar-refractivity contribution is 5.80. The van der Waals surface area contributed by atoms with Gasteiger partial charge in [0.15, 0.2) is 0 Å². The molecule has 1 aromatic carbocycles. The van der Waals surface area contributed by atoms with Crippen molar-refractivity contribution in [1.29, 1.82) is 0 Å². The molecule has 1 aliphatic heterocycles. The second-order valence-corrected chi connectivity index (χ2v) is 5.61. The van der Waals surface area contributed by atoms with Crippen molar-refractivity contribution in [3.05, 3.63) is 46.4 Å². The minimum Gasteiger partial charge on any atom is -0.381 e. The standard InChI is InChI=1S/C16H17N3O2/c1-18-15-10-13(11-6-8-21-9-7-11)17-19(15)14-5-3-2-4-12(14)16(18)20/h2-5,10-11H,6-9H2,1H3. The molecule has 0 atom stereocenters. The van der Waals surface area contributed by atoms with Crippen molar-refractivity contribution in [1.82, 2.24) is 14.2 Å². The second-order valence-electron chi connectivity index (χ2n) is 5.61. The highest BCUT2D eigenvalue weighted by Crippen LogP contribution is 2.27. The summed E-state index contributed by atoms with van der Waals surface area (Å²) in [4.78, 5) is 12.4. The van der Waals surface area contributed by atoms with Crippen LogP contribution in [0.15, 0.2) is 35.1 Å². The number of fused-ring (bicyclic) bond motifs is 3. The maximum Gasteiger partial charge on any atom is 0.261 e. The Kier molecular flexibility index (Phi) is 2.82. The number of aromatic nitrogens is 3. The number of benzene rings is 1. The molecule has 21 heavy (non-hydrogen) atoms. The number of aryl methyl sites for hydroxylation is 1. The van der Waals surface area contributed by atoms with Gasteiger partial charge in [-0.3, -0.25) is 9.36 Å². The molecule has 0 spiro atoms. The molecule has 0 N–H and O–H groups in total. The van der Waals surface area contributed by atoms with Crippen LogP contribution in [-0.4, -0.2) is 27.4 Å². The summed E-state index contributed by atoms with van der Waals surface area (Å²) in [7, 11) is 1.81. The zero-order valence-electron chi connectivity index (χ0n) is 12.0. The fourth-order valence-corrected chi connectivity index (χ4v) is 3.12. The Hall–Kier alpha value is -2.14. The van der Waals surface area contributed by atoms with Gasteiger partial charge in [-0.1, -0.05) is 12.1 Å². The molecule has 3 aromatic rings. The smallest absolute Gasteiger partial charge is 0.261 e. The van der Waals surface area contributed by atoms with E-state index in [1.54, 1.807) is 11.6 Å². The highest BCUT2D eigenvalue weighted by Gasteiger charge is 2.20. The summed E-state index contributed by atoms with van der Waals surface area (Å²) in [6, 6.07) is 9.68. The maximum atomic E-state index is 12.4. The normalized spacial score (nSPS) is 16.8. The fourth-order valence-electron chi connectivity index (χ4n) is 3.12. The quantitative estimate of drug-likeness (QED) is 0.687. The molecule has 0 bridgehead atoms. The summed E-state index contributed by atoms with van der Waals surface area (Å²) in [6.45, 7) is 1.58. The highest BCUT2D eigenvalue weighted by atomic mass is 16.5. The minimum atomic E-state index is 0.0246. The lowest BCUT2D eigenvalue weighted by Crippen LogP contribution is -2.19. The topological polar surface area (TPSA) is 48.5 Å². The first kappa shape index (κ1) is 12.6. The Labute approximate surface area is 121 Å². The van der Waals surface area contributed by atoms with Gasteiger partial charge in [0, 0.05) is 32.2 Å². The van der Waals surface area contributed by atoms with E-state index in [4.69, 9.17) is 9.84 Å². The van der Waals surface area contributed by atoms with Crippen LogP contribution in [-0.2, 0) is 11.8 Å². The third-order valence-corrected chi connectivity index (χ3v) is 4.36. The average molecular weight is 283 g/mol. The van der Waals surface area contributed by atoms with E-state index in [1.807, 2.05) is 34.8 Å². The molecule has 2 aromatic heterocycles. The first-order valence-electron chi connectivity index (χ1n) is 7.31. The molecule has 0 aliphatic carbocycles. The zero-order valence-corrected chi connectivity index (χ0v) is 12.0. The van der Waals surface area contributed by atoms with E-state index in [2.05, 4.69) is 0 Å². The molecule has 5 heteroatoms. The number of hydrogen-bond donors (Lipinski definition) is 0. The molecule has 1 fully saturated rings. The summed E-state index contributed by atoms with van der Waals surface area (Å²) < 4.78 is 8.99. The molecule has 5 nitrogen and oxygen atoms in total. The van der Waals surface area contributed by atoms with E-state index in [0.29, 0.717) is 11.3 Å². The van der Waals surface area contributed by atoms with Gasteiger partial charge in [0.25, 0.3) is 5.56 Å². The van der Waals surface area contributed by atoms with Crippen molar-refractivity contribution in [2.45, 2.75) is 18.8 Å². The Morgan fingerprint density at radius 3 is 2.81 bits per heavy atom. The largest absolute Gasteiger partial charge is 0.381 e. The summed E-state index contributed by atoms with van der Waals surface area (Å²) in [5, 5.41) is 5.47. The molecule has 0 unspecified atom stereocenters. The molecular formula is C16H17N3O2. The van der Waals surface area contributed by atoms with Crippen LogP contribution in [0.4, 0.5) is 0 Å². The number of nitrogens with zero attached hydrogens (tertiary/aromatic N) is 3. The van der Waals surface area contributed by atoms with E-state index < -0.39 is 0 Å². The summed E-state index contributed by atoms with van der Waals surface area (Å²) in [6.07, 6.45) is 1.99. The number of para-hydroxylation sites is 1. The van der Waals surface area contributed by atoms with Crippen LogP contribution in [0.2, 0.25) is 0 Å². The Morgan fingerprint density at radius 1 is 1.24 bits per heavy atom. The van der Waals surface area contributed by atoms with E-state index in [0.717, 1.165) is 42.9 Å². The average Bonchev–Trinajstić information content (AvgIpc) is 2.99. The van der Waals surface area contributed by atoms with E-state index >= 15 is 0 Å². The Balaban J connectivity index is 2.00. The zero-order chi connectivity index (χ0) is 14.4. The van der Waals surface area contributed by atoms with Crippen LogP contribution in [0.5, 0.6) is 0 Å². The molecular weight excluding hydrogens is 266 g/mol. The van der Waals surface area contributed by atoms with Crippen LogP contribution in [0, 0.1) is 0 Å². The monoisotopic (exact) mass is 283 g/mol. The van der Waals surface area contributed by atoms with Gasteiger partial charge in [-0.25, -0.2) is 4.52 Å². The van der Waals surface area contributed by atoms with Crippen LogP contribution in [0.3, 0.4) is 0 Å². The van der Waals surface area contributed by atoms with Crippen molar-refractivity contribution in [3.8, 4) is 0 Å². The van der Waals surface area contributed by atoms with Crippen molar-refractivity contribution >= 4 is 16.6 Å². The van der Waals surface area contributed by atoms with Gasteiger partial charge < -0.3 is 4.74 Å². The van der Waals surface area contributed by atoms with Gasteiger partial charge >= 0.3 is 0 Å².